The van der Waals surface area contributed by atoms with Gasteiger partial charge in [0.15, 0.2) is 0 Å². The van der Waals surface area contributed by atoms with Crippen LogP contribution in [0.25, 0.3) is 0 Å². The number of hydrogen-bond donors (Lipinski definition) is 3. The zero-order chi connectivity index (χ0) is 15.7. The summed E-state index contributed by atoms with van der Waals surface area (Å²) in [7, 11) is 0. The lowest BCUT2D eigenvalue weighted by Gasteiger charge is -2.29. The molecule has 0 fully saturated rings. The summed E-state index contributed by atoms with van der Waals surface area (Å²) in [5.74, 6) is 0.952. The van der Waals surface area contributed by atoms with Crippen LogP contribution in [-0.4, -0.2) is 45.4 Å². The number of aliphatic hydroxyl groups excluding tert-OH is 1. The number of aromatic nitrogens is 3. The SMILES string of the molecule is CCCOc1nc(NCC)nc(NC(C)(CC)CCO)n1. The smallest absolute Gasteiger partial charge is 0.323 e. The third-order valence-electron chi connectivity index (χ3n) is 3.24. The topological polar surface area (TPSA) is 92.2 Å². The maximum atomic E-state index is 9.19. The Morgan fingerprint density at radius 1 is 1.14 bits per heavy atom. The van der Waals surface area contributed by atoms with Crippen LogP contribution in [0.3, 0.4) is 0 Å². The molecule has 7 heteroatoms. The Bertz CT molecular complexity index is 430. The molecule has 0 bridgehead atoms. The molecule has 0 saturated heterocycles. The molecule has 3 N–H and O–H groups in total. The van der Waals surface area contributed by atoms with Gasteiger partial charge in [0.05, 0.1) is 6.61 Å². The van der Waals surface area contributed by atoms with Crippen LogP contribution >= 0.6 is 0 Å². The molecule has 0 aliphatic rings. The first-order valence-electron chi connectivity index (χ1n) is 7.58. The Kier molecular flexibility index (Phi) is 7.14. The van der Waals surface area contributed by atoms with Gasteiger partial charge < -0.3 is 20.5 Å². The van der Waals surface area contributed by atoms with E-state index in [0.717, 1.165) is 19.4 Å². The minimum Gasteiger partial charge on any atom is -0.463 e. The molecule has 1 aromatic rings. The second kappa shape index (κ2) is 8.61. The van der Waals surface area contributed by atoms with Crippen molar-refractivity contribution in [1.29, 1.82) is 0 Å². The first-order valence-corrected chi connectivity index (χ1v) is 7.58. The van der Waals surface area contributed by atoms with E-state index in [-0.39, 0.29) is 12.1 Å². The van der Waals surface area contributed by atoms with Crippen molar-refractivity contribution in [3.8, 4) is 6.01 Å². The largest absolute Gasteiger partial charge is 0.463 e. The van der Waals surface area contributed by atoms with Crippen LogP contribution in [0.5, 0.6) is 6.01 Å². The van der Waals surface area contributed by atoms with E-state index in [9.17, 15) is 5.11 Å². The first kappa shape index (κ1) is 17.4. The molecule has 0 aliphatic heterocycles. The van der Waals surface area contributed by atoms with Crippen LogP contribution in [0.15, 0.2) is 0 Å². The van der Waals surface area contributed by atoms with Gasteiger partial charge in [0, 0.05) is 18.7 Å². The fourth-order valence-electron chi connectivity index (χ4n) is 1.75. The number of nitrogens with one attached hydrogen (secondary N) is 2. The standard InChI is InChI=1S/C14H27N5O2/c1-5-10-21-13-17-11(15-7-3)16-12(18-13)19-14(4,6-2)8-9-20/h20H,5-10H2,1-4H3,(H2,15,16,17,18,19). The Labute approximate surface area is 126 Å². The molecule has 0 aliphatic carbocycles. The number of aliphatic hydroxyl groups is 1. The van der Waals surface area contributed by atoms with Crippen molar-refractivity contribution in [3.05, 3.63) is 0 Å². The predicted molar refractivity (Wildman–Crippen MR) is 83.8 cm³/mol. The molecule has 21 heavy (non-hydrogen) atoms. The Morgan fingerprint density at radius 2 is 1.86 bits per heavy atom. The van der Waals surface area contributed by atoms with Crippen molar-refractivity contribution in [2.45, 2.75) is 52.5 Å². The lowest BCUT2D eigenvalue weighted by atomic mass is 9.95. The van der Waals surface area contributed by atoms with Gasteiger partial charge in [-0.25, -0.2) is 0 Å². The van der Waals surface area contributed by atoms with Gasteiger partial charge in [0.2, 0.25) is 11.9 Å². The number of nitrogens with zero attached hydrogens (tertiary/aromatic N) is 3. The summed E-state index contributed by atoms with van der Waals surface area (Å²) in [6.07, 6.45) is 2.36. The highest BCUT2D eigenvalue weighted by molar-refractivity contribution is 5.37. The summed E-state index contributed by atoms with van der Waals surface area (Å²) in [4.78, 5) is 12.8. The van der Waals surface area contributed by atoms with Gasteiger partial charge in [-0.15, -0.1) is 0 Å². The molecule has 1 heterocycles. The second-order valence-corrected chi connectivity index (χ2v) is 5.16. The summed E-state index contributed by atoms with van der Waals surface area (Å²) >= 11 is 0. The highest BCUT2D eigenvalue weighted by atomic mass is 16.5. The summed E-state index contributed by atoms with van der Waals surface area (Å²) in [5, 5.41) is 15.5. The van der Waals surface area contributed by atoms with Gasteiger partial charge in [0.25, 0.3) is 0 Å². The molecule has 0 radical (unpaired) electrons. The molecule has 120 valence electrons. The molecular weight excluding hydrogens is 270 g/mol. The molecule has 1 aromatic heterocycles. The molecule has 0 amide bonds. The molecule has 7 nitrogen and oxygen atoms in total. The number of hydrogen-bond acceptors (Lipinski definition) is 7. The van der Waals surface area contributed by atoms with Gasteiger partial charge in [-0.05, 0) is 33.1 Å². The lowest BCUT2D eigenvalue weighted by Crippen LogP contribution is -2.36. The van der Waals surface area contributed by atoms with Gasteiger partial charge in [-0.1, -0.05) is 13.8 Å². The van der Waals surface area contributed by atoms with Crippen molar-refractivity contribution in [1.82, 2.24) is 15.0 Å². The molecule has 1 unspecified atom stereocenters. The highest BCUT2D eigenvalue weighted by Gasteiger charge is 2.23. The van der Waals surface area contributed by atoms with E-state index in [1.54, 1.807) is 0 Å². The van der Waals surface area contributed by atoms with Crippen LogP contribution < -0.4 is 15.4 Å². The van der Waals surface area contributed by atoms with E-state index < -0.39 is 0 Å². The highest BCUT2D eigenvalue weighted by Crippen LogP contribution is 2.21. The zero-order valence-corrected chi connectivity index (χ0v) is 13.4. The Hall–Kier alpha value is -1.63. The van der Waals surface area contributed by atoms with E-state index in [2.05, 4.69) is 32.5 Å². The minimum absolute atomic E-state index is 0.113. The number of rotatable bonds is 10. The minimum atomic E-state index is -0.262. The molecule has 0 saturated carbocycles. The van der Waals surface area contributed by atoms with E-state index in [4.69, 9.17) is 4.74 Å². The fraction of sp³-hybridized carbons (Fsp3) is 0.786. The van der Waals surface area contributed by atoms with Crippen molar-refractivity contribution < 1.29 is 9.84 Å². The van der Waals surface area contributed by atoms with E-state index in [1.807, 2.05) is 20.8 Å². The van der Waals surface area contributed by atoms with Crippen LogP contribution in [0.2, 0.25) is 0 Å². The molecule has 1 atom stereocenters. The zero-order valence-electron chi connectivity index (χ0n) is 13.4. The van der Waals surface area contributed by atoms with Gasteiger partial charge in [-0.3, -0.25) is 0 Å². The van der Waals surface area contributed by atoms with Crippen LogP contribution in [-0.2, 0) is 0 Å². The predicted octanol–water partition coefficient (Wildman–Crippen LogP) is 2.06. The maximum absolute atomic E-state index is 9.19. The fourth-order valence-corrected chi connectivity index (χ4v) is 1.75. The van der Waals surface area contributed by atoms with Crippen molar-refractivity contribution in [3.63, 3.8) is 0 Å². The molecule has 0 spiro atoms. The molecule has 0 aromatic carbocycles. The van der Waals surface area contributed by atoms with Crippen molar-refractivity contribution >= 4 is 11.9 Å². The summed E-state index contributed by atoms with van der Waals surface area (Å²) in [6.45, 7) is 9.50. The Morgan fingerprint density at radius 3 is 2.43 bits per heavy atom. The third kappa shape index (κ3) is 5.71. The second-order valence-electron chi connectivity index (χ2n) is 5.16. The number of ether oxygens (including phenoxy) is 1. The first-order chi connectivity index (χ1) is 10.1. The van der Waals surface area contributed by atoms with Crippen molar-refractivity contribution in [2.24, 2.45) is 0 Å². The quantitative estimate of drug-likeness (QED) is 0.608. The Balaban J connectivity index is 2.95. The number of anilines is 2. The summed E-state index contributed by atoms with van der Waals surface area (Å²) in [5.41, 5.74) is -0.262. The molecular formula is C14H27N5O2. The summed E-state index contributed by atoms with van der Waals surface area (Å²) in [6, 6.07) is 0.313. The van der Waals surface area contributed by atoms with Gasteiger partial charge in [0.1, 0.15) is 0 Å². The lowest BCUT2D eigenvalue weighted by molar-refractivity contribution is 0.251. The average molecular weight is 297 g/mol. The summed E-state index contributed by atoms with van der Waals surface area (Å²) < 4.78 is 5.50. The van der Waals surface area contributed by atoms with E-state index in [1.165, 1.54) is 0 Å². The van der Waals surface area contributed by atoms with Crippen molar-refractivity contribution in [2.75, 3.05) is 30.4 Å². The van der Waals surface area contributed by atoms with Gasteiger partial charge >= 0.3 is 6.01 Å². The molecule has 1 rings (SSSR count). The average Bonchev–Trinajstić information content (AvgIpc) is 2.45. The third-order valence-corrected chi connectivity index (χ3v) is 3.24. The maximum Gasteiger partial charge on any atom is 0.323 e. The normalized spacial score (nSPS) is 13.6. The van der Waals surface area contributed by atoms with Crippen LogP contribution in [0.1, 0.15) is 47.0 Å². The van der Waals surface area contributed by atoms with E-state index >= 15 is 0 Å². The van der Waals surface area contributed by atoms with E-state index in [0.29, 0.717) is 30.9 Å². The van der Waals surface area contributed by atoms with Gasteiger partial charge in [-0.2, -0.15) is 15.0 Å². The van der Waals surface area contributed by atoms with Crippen LogP contribution in [0, 0.1) is 0 Å². The monoisotopic (exact) mass is 297 g/mol. The van der Waals surface area contributed by atoms with Crippen LogP contribution in [0.4, 0.5) is 11.9 Å².